The van der Waals surface area contributed by atoms with Crippen LogP contribution < -0.4 is 16.2 Å². The summed E-state index contributed by atoms with van der Waals surface area (Å²) < 4.78 is 1.23. The Morgan fingerprint density at radius 1 is 0.889 bits per heavy atom. The van der Waals surface area contributed by atoms with Crippen LogP contribution in [0.15, 0.2) is 65.8 Å². The van der Waals surface area contributed by atoms with E-state index in [9.17, 15) is 19.2 Å². The van der Waals surface area contributed by atoms with Crippen LogP contribution in [0, 0.1) is 5.41 Å². The average molecular weight is 750 g/mol. The first kappa shape index (κ1) is 36.4. The van der Waals surface area contributed by atoms with Crippen molar-refractivity contribution >= 4 is 45.8 Å². The lowest BCUT2D eigenvalue weighted by Gasteiger charge is -2.46. The van der Waals surface area contributed by atoms with Gasteiger partial charge in [0.1, 0.15) is 5.02 Å². The van der Waals surface area contributed by atoms with Gasteiger partial charge in [0.25, 0.3) is 11.5 Å². The number of hydrogen-bond donors (Lipinski definition) is 2. The third-order valence-corrected chi connectivity index (χ3v) is 13.1. The van der Waals surface area contributed by atoms with Gasteiger partial charge in [-0.25, -0.2) is 4.68 Å². The number of pyridine rings is 1. The molecule has 1 aliphatic carbocycles. The second-order valence-corrected chi connectivity index (χ2v) is 16.6. The van der Waals surface area contributed by atoms with Gasteiger partial charge in [-0.2, -0.15) is 5.10 Å². The number of rotatable bonds is 6. The molecule has 282 valence electrons. The maximum absolute atomic E-state index is 13.7. The van der Waals surface area contributed by atoms with Gasteiger partial charge >= 0.3 is 0 Å². The molecular weight excluding hydrogens is 702 g/mol. The van der Waals surface area contributed by atoms with E-state index in [2.05, 4.69) is 63.0 Å². The molecular formula is C42H48ClN7O4. The number of aromatic nitrogens is 3. The molecule has 2 aromatic heterocycles. The van der Waals surface area contributed by atoms with Gasteiger partial charge in [0.05, 0.1) is 17.8 Å². The third-order valence-electron chi connectivity index (χ3n) is 12.8. The molecule has 12 heteroatoms. The monoisotopic (exact) mass is 749 g/mol. The Morgan fingerprint density at radius 3 is 2.37 bits per heavy atom. The van der Waals surface area contributed by atoms with E-state index in [1.807, 2.05) is 23.2 Å². The SMILES string of the molecule is CN1C[C@H](Nc2cnn(C)c(=O)c2Cl)C[C@H](c2ccc(C(=O)N3CCC4(CCC(c5ccc6c(C7CCC(=O)NC7=O)cncc6c5)CC4)CC3)cc2)C1. The van der Waals surface area contributed by atoms with Crippen LogP contribution in [0.2, 0.25) is 5.02 Å². The number of carbonyl (C=O) groups excluding carboxylic acids is 3. The van der Waals surface area contributed by atoms with Crippen molar-refractivity contribution in [3.05, 3.63) is 98.7 Å². The number of hydrogen-bond acceptors (Lipinski definition) is 8. The van der Waals surface area contributed by atoms with Crippen LogP contribution in [0.4, 0.5) is 5.69 Å². The number of halogens is 1. The van der Waals surface area contributed by atoms with Crippen molar-refractivity contribution in [1.82, 2.24) is 29.9 Å². The minimum atomic E-state index is -0.351. The zero-order chi connectivity index (χ0) is 37.6. The van der Waals surface area contributed by atoms with Crippen LogP contribution in [0.25, 0.3) is 10.8 Å². The summed E-state index contributed by atoms with van der Waals surface area (Å²) in [5.41, 5.74) is 4.69. The largest absolute Gasteiger partial charge is 0.378 e. The molecule has 4 aliphatic rings. The van der Waals surface area contributed by atoms with E-state index >= 15 is 0 Å². The lowest BCUT2D eigenvalue weighted by molar-refractivity contribution is -0.134. The molecule has 2 N–H and O–H groups in total. The number of likely N-dealkylation sites (tertiary alicyclic amines) is 2. The Morgan fingerprint density at radius 2 is 1.63 bits per heavy atom. The van der Waals surface area contributed by atoms with Crippen molar-refractivity contribution in [2.45, 2.75) is 81.6 Å². The topological polar surface area (TPSA) is 130 Å². The second-order valence-electron chi connectivity index (χ2n) is 16.2. The minimum absolute atomic E-state index is 0.0992. The van der Waals surface area contributed by atoms with E-state index in [0.717, 1.165) is 93.0 Å². The number of nitrogens with zero attached hydrogens (tertiary/aromatic N) is 5. The molecule has 2 aromatic carbocycles. The smallest absolute Gasteiger partial charge is 0.287 e. The van der Waals surface area contributed by atoms with E-state index in [1.54, 1.807) is 19.4 Å². The normalized spacial score (nSPS) is 23.8. The Labute approximate surface area is 320 Å². The van der Waals surface area contributed by atoms with Crippen molar-refractivity contribution in [2.24, 2.45) is 12.5 Å². The van der Waals surface area contributed by atoms with Crippen LogP contribution in [0.3, 0.4) is 0 Å². The fourth-order valence-electron chi connectivity index (χ4n) is 9.57. The van der Waals surface area contributed by atoms with E-state index in [4.69, 9.17) is 11.6 Å². The fourth-order valence-corrected chi connectivity index (χ4v) is 9.79. The number of carbonyl (C=O) groups is 3. The van der Waals surface area contributed by atoms with Crippen molar-refractivity contribution in [3.63, 3.8) is 0 Å². The Balaban J connectivity index is 0.850. The average Bonchev–Trinajstić information content (AvgIpc) is 3.18. The van der Waals surface area contributed by atoms with Crippen LogP contribution in [-0.4, -0.2) is 81.6 Å². The van der Waals surface area contributed by atoms with Gasteiger partial charge in [0, 0.05) is 69.0 Å². The van der Waals surface area contributed by atoms with Crippen molar-refractivity contribution in [3.8, 4) is 0 Å². The predicted octanol–water partition coefficient (Wildman–Crippen LogP) is 5.98. The van der Waals surface area contributed by atoms with Gasteiger partial charge in [-0.3, -0.25) is 29.5 Å². The molecule has 3 amide bonds. The van der Waals surface area contributed by atoms with Gasteiger partial charge < -0.3 is 15.1 Å². The van der Waals surface area contributed by atoms with Gasteiger partial charge in [-0.15, -0.1) is 0 Å². The number of imide groups is 1. The minimum Gasteiger partial charge on any atom is -0.378 e. The van der Waals surface area contributed by atoms with E-state index in [1.165, 1.54) is 15.8 Å². The molecule has 4 aromatic rings. The number of amides is 3. The first-order valence-corrected chi connectivity index (χ1v) is 19.7. The molecule has 5 heterocycles. The molecule has 0 bridgehead atoms. The molecule has 3 saturated heterocycles. The fraction of sp³-hybridized carbons (Fsp3) is 0.476. The third kappa shape index (κ3) is 7.28. The molecule has 8 rings (SSSR count). The summed E-state index contributed by atoms with van der Waals surface area (Å²) in [4.78, 5) is 59.0. The molecule has 1 unspecified atom stereocenters. The Kier molecular flexibility index (Phi) is 10.0. The zero-order valence-corrected chi connectivity index (χ0v) is 31.8. The number of fused-ring (bicyclic) bond motifs is 1. The van der Waals surface area contributed by atoms with E-state index < -0.39 is 0 Å². The molecule has 11 nitrogen and oxygen atoms in total. The van der Waals surface area contributed by atoms with Gasteiger partial charge in [-0.1, -0.05) is 35.9 Å². The molecule has 1 spiro atoms. The molecule has 54 heavy (non-hydrogen) atoms. The van der Waals surface area contributed by atoms with Crippen LogP contribution >= 0.6 is 11.6 Å². The van der Waals surface area contributed by atoms with Gasteiger partial charge in [-0.05, 0) is 116 Å². The summed E-state index contributed by atoms with van der Waals surface area (Å²) >= 11 is 6.33. The standard InChI is InChI=1S/C42H48ClN7O4/c1-48-24-31(20-32(25-48)46-36-23-45-49(2)41(54)38(36)43)26-3-5-28(6-4-26)40(53)50-17-15-42(16-18-50)13-11-27(12-14-42)29-7-8-33-30(19-29)21-44-22-35(33)34-9-10-37(51)47-39(34)52/h3-8,19,21-23,27,31-32,34,46H,9-18,20,24-25H2,1-2H3,(H,47,51,52)/t31-,32+,34?/m0/s1. The number of anilines is 1. The van der Waals surface area contributed by atoms with E-state index in [-0.39, 0.29) is 46.2 Å². The summed E-state index contributed by atoms with van der Waals surface area (Å²) in [5.74, 6) is 0.0759. The van der Waals surface area contributed by atoms with Crippen LogP contribution in [0.1, 0.15) is 103 Å². The summed E-state index contributed by atoms with van der Waals surface area (Å²) in [6, 6.07) is 14.9. The predicted molar refractivity (Wildman–Crippen MR) is 209 cm³/mol. The lowest BCUT2D eigenvalue weighted by Crippen LogP contribution is -2.44. The van der Waals surface area contributed by atoms with E-state index in [0.29, 0.717) is 29.9 Å². The first-order chi connectivity index (χ1) is 26.1. The quantitative estimate of drug-likeness (QED) is 0.231. The molecule has 0 radical (unpaired) electrons. The summed E-state index contributed by atoms with van der Waals surface area (Å²) in [6.07, 6.45) is 13.7. The van der Waals surface area contributed by atoms with Crippen LogP contribution in [0.5, 0.6) is 0 Å². The first-order valence-electron chi connectivity index (χ1n) is 19.3. The van der Waals surface area contributed by atoms with Crippen molar-refractivity contribution < 1.29 is 14.4 Å². The summed E-state index contributed by atoms with van der Waals surface area (Å²) in [5, 5.41) is 12.3. The molecule has 3 atom stereocenters. The van der Waals surface area contributed by atoms with Crippen molar-refractivity contribution in [2.75, 3.05) is 38.5 Å². The van der Waals surface area contributed by atoms with Crippen molar-refractivity contribution in [1.29, 1.82) is 0 Å². The highest BCUT2D eigenvalue weighted by atomic mass is 35.5. The Hall–Kier alpha value is -4.61. The second kappa shape index (κ2) is 14.9. The highest BCUT2D eigenvalue weighted by Gasteiger charge is 2.40. The summed E-state index contributed by atoms with van der Waals surface area (Å²) in [6.45, 7) is 3.31. The number of aryl methyl sites for hydroxylation is 1. The molecule has 3 aliphatic heterocycles. The number of likely N-dealkylation sites (N-methyl/N-ethyl adjacent to an activating group) is 1. The number of piperidine rings is 3. The van der Waals surface area contributed by atoms with Gasteiger partial charge in [0.15, 0.2) is 0 Å². The lowest BCUT2D eigenvalue weighted by atomic mass is 9.64. The maximum Gasteiger partial charge on any atom is 0.287 e. The summed E-state index contributed by atoms with van der Waals surface area (Å²) in [7, 11) is 3.68. The Bertz CT molecular complexity index is 2130. The zero-order valence-electron chi connectivity index (χ0n) is 31.0. The number of nitrogens with one attached hydrogen (secondary N) is 2. The highest BCUT2D eigenvalue weighted by Crippen LogP contribution is 2.49. The molecule has 1 saturated carbocycles. The maximum atomic E-state index is 13.7. The number of benzene rings is 2. The molecule has 4 fully saturated rings. The van der Waals surface area contributed by atoms with Gasteiger partial charge in [0.2, 0.25) is 11.8 Å². The van der Waals surface area contributed by atoms with Crippen LogP contribution in [-0.2, 0) is 16.6 Å². The highest BCUT2D eigenvalue weighted by molar-refractivity contribution is 6.32.